The van der Waals surface area contributed by atoms with Crippen molar-refractivity contribution in [2.24, 2.45) is 4.99 Å². The van der Waals surface area contributed by atoms with Crippen LogP contribution in [0.5, 0.6) is 11.6 Å². The normalized spacial score (nSPS) is 14.6. The lowest BCUT2D eigenvalue weighted by Gasteiger charge is -2.29. The van der Waals surface area contributed by atoms with Crippen molar-refractivity contribution < 1.29 is 14.2 Å². The summed E-state index contributed by atoms with van der Waals surface area (Å²) in [5, 5.41) is 14.7. The standard InChI is InChI=1S/C26H26FN5O2/c1-16(30-17-6-8-18(9-7-17)32-12-10-28-11-13-32)24-19-14-21(29-15-22(19)31-26(24)33)25-20(27)4-3-5-23(25)34-2/h3-9,14-15,28,31,33H,10-13H2,1-2H3. The number of piperazine rings is 1. The molecule has 3 heterocycles. The van der Waals surface area contributed by atoms with Crippen molar-refractivity contribution >= 4 is 28.0 Å². The van der Waals surface area contributed by atoms with Crippen LogP contribution in [-0.2, 0) is 0 Å². The maximum absolute atomic E-state index is 14.6. The molecule has 4 aromatic rings. The first-order valence-corrected chi connectivity index (χ1v) is 11.2. The molecule has 1 saturated heterocycles. The molecule has 0 unspecified atom stereocenters. The molecule has 8 heteroatoms. The number of benzene rings is 2. The summed E-state index contributed by atoms with van der Waals surface area (Å²) in [6.07, 6.45) is 1.58. The van der Waals surface area contributed by atoms with Crippen molar-refractivity contribution in [3.05, 3.63) is 66.1 Å². The second-order valence-electron chi connectivity index (χ2n) is 8.23. The highest BCUT2D eigenvalue weighted by atomic mass is 19.1. The van der Waals surface area contributed by atoms with Crippen LogP contribution in [0.15, 0.2) is 59.7 Å². The van der Waals surface area contributed by atoms with Gasteiger partial charge in [0.1, 0.15) is 11.6 Å². The number of halogens is 1. The number of nitrogens with zero attached hydrogens (tertiary/aromatic N) is 3. The SMILES string of the molecule is COc1cccc(F)c1-c1cc2c(C(C)=Nc3ccc(N4CCNCC4)cc3)c(O)[nH]c2cn1. The summed E-state index contributed by atoms with van der Waals surface area (Å²) in [6.45, 7) is 5.77. The van der Waals surface area contributed by atoms with Crippen molar-refractivity contribution in [2.75, 3.05) is 38.2 Å². The van der Waals surface area contributed by atoms with E-state index in [4.69, 9.17) is 9.73 Å². The number of ether oxygens (including phenoxy) is 1. The first kappa shape index (κ1) is 21.9. The number of aliphatic imine (C=N–C) groups is 1. The molecule has 0 bridgehead atoms. The van der Waals surface area contributed by atoms with Crippen LogP contribution >= 0.6 is 0 Å². The Hall–Kier alpha value is -3.91. The van der Waals surface area contributed by atoms with Gasteiger partial charge in [-0.25, -0.2) is 4.39 Å². The van der Waals surface area contributed by atoms with Crippen LogP contribution in [0.1, 0.15) is 12.5 Å². The minimum absolute atomic E-state index is 0.00636. The molecule has 1 fully saturated rings. The summed E-state index contributed by atoms with van der Waals surface area (Å²) in [5.74, 6) is -0.0428. The maximum Gasteiger partial charge on any atom is 0.198 e. The van der Waals surface area contributed by atoms with E-state index in [1.54, 1.807) is 24.4 Å². The zero-order valence-electron chi connectivity index (χ0n) is 19.1. The zero-order chi connectivity index (χ0) is 23.7. The van der Waals surface area contributed by atoms with Gasteiger partial charge in [-0.15, -0.1) is 0 Å². The summed E-state index contributed by atoms with van der Waals surface area (Å²) in [7, 11) is 1.49. The third kappa shape index (κ3) is 4.08. The Labute approximate surface area is 196 Å². The van der Waals surface area contributed by atoms with Crippen LogP contribution in [-0.4, -0.2) is 54.1 Å². The number of rotatable bonds is 5. The van der Waals surface area contributed by atoms with Gasteiger partial charge in [0.15, 0.2) is 5.88 Å². The molecule has 2 aromatic carbocycles. The van der Waals surface area contributed by atoms with E-state index in [1.165, 1.54) is 18.9 Å². The number of aromatic hydroxyl groups is 1. The van der Waals surface area contributed by atoms with Gasteiger partial charge in [-0.1, -0.05) is 6.07 Å². The predicted octanol–water partition coefficient (Wildman–Crippen LogP) is 4.63. The molecule has 0 radical (unpaired) electrons. The number of aromatic amines is 1. The quantitative estimate of drug-likeness (QED) is 0.379. The second kappa shape index (κ2) is 9.15. The summed E-state index contributed by atoms with van der Waals surface area (Å²) in [4.78, 5) is 14.4. The molecule has 174 valence electrons. The highest BCUT2D eigenvalue weighted by molar-refractivity contribution is 6.13. The van der Waals surface area contributed by atoms with Gasteiger partial charge in [0.05, 0.1) is 47.0 Å². The predicted molar refractivity (Wildman–Crippen MR) is 133 cm³/mol. The first-order valence-electron chi connectivity index (χ1n) is 11.2. The van der Waals surface area contributed by atoms with Gasteiger partial charge in [-0.3, -0.25) is 9.98 Å². The van der Waals surface area contributed by atoms with Crippen molar-refractivity contribution in [1.82, 2.24) is 15.3 Å². The lowest BCUT2D eigenvalue weighted by atomic mass is 10.0. The van der Waals surface area contributed by atoms with Gasteiger partial charge in [0, 0.05) is 37.3 Å². The Kier molecular flexibility index (Phi) is 5.90. The van der Waals surface area contributed by atoms with Gasteiger partial charge >= 0.3 is 0 Å². The Morgan fingerprint density at radius 2 is 1.91 bits per heavy atom. The van der Waals surface area contributed by atoms with Gasteiger partial charge in [-0.2, -0.15) is 0 Å². The average Bonchev–Trinajstić information content (AvgIpc) is 3.19. The molecule has 0 amide bonds. The molecular formula is C26H26FN5O2. The van der Waals surface area contributed by atoms with Crippen molar-refractivity contribution in [3.63, 3.8) is 0 Å². The fourth-order valence-electron chi connectivity index (χ4n) is 4.42. The lowest BCUT2D eigenvalue weighted by molar-refractivity contribution is 0.413. The van der Waals surface area contributed by atoms with Crippen molar-refractivity contribution in [3.8, 4) is 22.9 Å². The molecule has 0 spiro atoms. The van der Waals surface area contributed by atoms with E-state index in [0.29, 0.717) is 33.6 Å². The third-order valence-corrected chi connectivity index (χ3v) is 6.11. The third-order valence-electron chi connectivity index (χ3n) is 6.11. The minimum Gasteiger partial charge on any atom is -0.496 e. The maximum atomic E-state index is 14.6. The number of methoxy groups -OCH3 is 1. The Morgan fingerprint density at radius 1 is 1.15 bits per heavy atom. The van der Waals surface area contributed by atoms with Crippen LogP contribution in [0.3, 0.4) is 0 Å². The molecule has 1 aliphatic heterocycles. The Balaban J connectivity index is 1.51. The molecule has 5 rings (SSSR count). The minimum atomic E-state index is -0.428. The van der Waals surface area contributed by atoms with E-state index < -0.39 is 5.82 Å². The highest BCUT2D eigenvalue weighted by Gasteiger charge is 2.19. The van der Waals surface area contributed by atoms with Gasteiger partial charge in [0.2, 0.25) is 0 Å². The smallest absolute Gasteiger partial charge is 0.198 e. The molecule has 34 heavy (non-hydrogen) atoms. The highest BCUT2D eigenvalue weighted by Crippen LogP contribution is 2.35. The number of anilines is 1. The van der Waals surface area contributed by atoms with E-state index in [1.807, 2.05) is 19.1 Å². The fourth-order valence-corrected chi connectivity index (χ4v) is 4.42. The second-order valence-corrected chi connectivity index (χ2v) is 8.23. The first-order chi connectivity index (χ1) is 16.5. The number of aromatic nitrogens is 2. The molecule has 3 N–H and O–H groups in total. The van der Waals surface area contributed by atoms with Crippen molar-refractivity contribution in [2.45, 2.75) is 6.92 Å². The lowest BCUT2D eigenvalue weighted by Crippen LogP contribution is -2.43. The fraction of sp³-hybridized carbons (Fsp3) is 0.231. The largest absolute Gasteiger partial charge is 0.496 e. The van der Waals surface area contributed by atoms with Crippen LogP contribution in [0.2, 0.25) is 0 Å². The van der Waals surface area contributed by atoms with Crippen LogP contribution < -0.4 is 15.0 Å². The average molecular weight is 460 g/mol. The number of hydrogen-bond donors (Lipinski definition) is 3. The Bertz CT molecular complexity index is 1360. The molecule has 7 nitrogen and oxygen atoms in total. The molecular weight excluding hydrogens is 433 g/mol. The van der Waals surface area contributed by atoms with E-state index in [0.717, 1.165) is 31.9 Å². The van der Waals surface area contributed by atoms with Crippen LogP contribution in [0, 0.1) is 5.82 Å². The number of pyridine rings is 1. The summed E-state index contributed by atoms with van der Waals surface area (Å²) in [5.41, 5.74) is 4.47. The van der Waals surface area contributed by atoms with E-state index in [-0.39, 0.29) is 11.4 Å². The molecule has 2 aromatic heterocycles. The van der Waals surface area contributed by atoms with Gasteiger partial charge in [0.25, 0.3) is 0 Å². The van der Waals surface area contributed by atoms with Crippen LogP contribution in [0.25, 0.3) is 22.2 Å². The molecule has 0 aliphatic carbocycles. The summed E-state index contributed by atoms with van der Waals surface area (Å²) in [6, 6.07) is 14.5. The number of fused-ring (bicyclic) bond motifs is 1. The molecule has 0 atom stereocenters. The summed E-state index contributed by atoms with van der Waals surface area (Å²) >= 11 is 0. The topological polar surface area (TPSA) is 85.8 Å². The van der Waals surface area contributed by atoms with Gasteiger partial charge < -0.3 is 25.0 Å². The number of H-pyrrole nitrogens is 1. The van der Waals surface area contributed by atoms with E-state index in [9.17, 15) is 9.50 Å². The zero-order valence-corrected chi connectivity index (χ0v) is 19.1. The number of hydrogen-bond acceptors (Lipinski definition) is 6. The monoisotopic (exact) mass is 459 g/mol. The van der Waals surface area contributed by atoms with Crippen LogP contribution in [0.4, 0.5) is 15.8 Å². The molecule has 1 aliphatic rings. The van der Waals surface area contributed by atoms with E-state index in [2.05, 4.69) is 32.3 Å². The van der Waals surface area contributed by atoms with Gasteiger partial charge in [-0.05, 0) is 49.4 Å². The Morgan fingerprint density at radius 3 is 2.65 bits per heavy atom. The van der Waals surface area contributed by atoms with E-state index >= 15 is 0 Å². The van der Waals surface area contributed by atoms with Crippen molar-refractivity contribution in [1.29, 1.82) is 0 Å². The summed E-state index contributed by atoms with van der Waals surface area (Å²) < 4.78 is 20.0. The number of nitrogens with one attached hydrogen (secondary N) is 2. The molecule has 0 saturated carbocycles.